The number of fused-ring (bicyclic) bond motifs is 1. The van der Waals surface area contributed by atoms with E-state index < -0.39 is 11.5 Å². The zero-order chi connectivity index (χ0) is 12.6. The first-order valence-corrected chi connectivity index (χ1v) is 6.19. The van der Waals surface area contributed by atoms with Crippen LogP contribution in [0.5, 0.6) is 0 Å². The van der Waals surface area contributed by atoms with Crippen LogP contribution in [0.2, 0.25) is 0 Å². The smallest absolute Gasteiger partial charge is 0.0997 e. The quantitative estimate of drug-likeness (QED) is 0.875. The molecule has 1 aromatic heterocycles. The molecular formula is C15H14N2O. The van der Waals surface area contributed by atoms with Crippen LogP contribution < -0.4 is 0 Å². The number of pyridine rings is 1. The molecule has 1 fully saturated rings. The Balaban J connectivity index is 2.12. The van der Waals surface area contributed by atoms with Crippen LogP contribution in [0.25, 0.3) is 10.8 Å². The van der Waals surface area contributed by atoms with Crippen molar-refractivity contribution in [1.29, 1.82) is 5.26 Å². The van der Waals surface area contributed by atoms with E-state index in [9.17, 15) is 10.4 Å². The highest BCUT2D eigenvalue weighted by Gasteiger charge is 2.45. The van der Waals surface area contributed by atoms with Gasteiger partial charge in [0.15, 0.2) is 0 Å². The Bertz CT molecular complexity index is 620. The zero-order valence-electron chi connectivity index (χ0n) is 10.0. The third-order valence-corrected chi connectivity index (χ3v) is 3.99. The maximum absolute atomic E-state index is 10.5. The standard InChI is InChI=1S/C15H14N2O/c16-10-15(6-3-7-15)14(18)13-9-17-8-11-4-1-2-5-12(11)13/h1-2,4-5,8-9,14,18H,3,6-7H2. The number of benzene rings is 1. The molecule has 3 rings (SSSR count). The van der Waals surface area contributed by atoms with Gasteiger partial charge in [-0.1, -0.05) is 30.7 Å². The van der Waals surface area contributed by atoms with Crippen molar-refractivity contribution in [2.75, 3.05) is 0 Å². The lowest BCUT2D eigenvalue weighted by molar-refractivity contribution is 0.00874. The van der Waals surface area contributed by atoms with Gasteiger partial charge < -0.3 is 5.11 Å². The lowest BCUT2D eigenvalue weighted by atomic mass is 9.64. The van der Waals surface area contributed by atoms with Crippen LogP contribution in [0.1, 0.15) is 30.9 Å². The number of aromatic nitrogens is 1. The number of nitrogens with zero attached hydrogens (tertiary/aromatic N) is 2. The highest BCUT2D eigenvalue weighted by molar-refractivity contribution is 5.85. The van der Waals surface area contributed by atoms with Crippen molar-refractivity contribution in [2.24, 2.45) is 5.41 Å². The number of aliphatic hydroxyl groups is 1. The Morgan fingerprint density at radius 3 is 2.72 bits per heavy atom. The fraction of sp³-hybridized carbons (Fsp3) is 0.333. The summed E-state index contributed by atoms with van der Waals surface area (Å²) in [6.45, 7) is 0. The van der Waals surface area contributed by atoms with Crippen LogP contribution in [0.4, 0.5) is 0 Å². The molecule has 18 heavy (non-hydrogen) atoms. The number of rotatable bonds is 2. The van der Waals surface area contributed by atoms with Gasteiger partial charge in [0.05, 0.1) is 17.6 Å². The Morgan fingerprint density at radius 2 is 2.06 bits per heavy atom. The van der Waals surface area contributed by atoms with Gasteiger partial charge in [0.25, 0.3) is 0 Å². The molecule has 1 heterocycles. The SMILES string of the molecule is N#CC1(C(O)c2cncc3ccccc23)CCC1. The van der Waals surface area contributed by atoms with Gasteiger partial charge >= 0.3 is 0 Å². The third-order valence-electron chi connectivity index (χ3n) is 3.99. The first kappa shape index (κ1) is 11.2. The van der Waals surface area contributed by atoms with Crippen LogP contribution >= 0.6 is 0 Å². The molecule has 3 nitrogen and oxygen atoms in total. The summed E-state index contributed by atoms with van der Waals surface area (Å²) in [4.78, 5) is 4.17. The highest BCUT2D eigenvalue weighted by atomic mass is 16.3. The van der Waals surface area contributed by atoms with Gasteiger partial charge in [0.2, 0.25) is 0 Å². The van der Waals surface area contributed by atoms with Crippen LogP contribution in [-0.4, -0.2) is 10.1 Å². The molecule has 1 aliphatic carbocycles. The highest BCUT2D eigenvalue weighted by Crippen LogP contribution is 2.50. The van der Waals surface area contributed by atoms with E-state index in [1.54, 1.807) is 12.4 Å². The molecule has 1 aliphatic rings. The van der Waals surface area contributed by atoms with Crippen LogP contribution in [0.3, 0.4) is 0 Å². The molecule has 0 amide bonds. The van der Waals surface area contributed by atoms with Crippen molar-refractivity contribution in [1.82, 2.24) is 4.98 Å². The summed E-state index contributed by atoms with van der Waals surface area (Å²) in [5, 5.41) is 21.8. The lowest BCUT2D eigenvalue weighted by Gasteiger charge is -2.39. The van der Waals surface area contributed by atoms with E-state index >= 15 is 0 Å². The molecule has 0 saturated heterocycles. The van der Waals surface area contributed by atoms with Crippen molar-refractivity contribution >= 4 is 10.8 Å². The largest absolute Gasteiger partial charge is 0.387 e. The number of aliphatic hydroxyl groups excluding tert-OH is 1. The Labute approximate surface area is 106 Å². The molecule has 0 radical (unpaired) electrons. The molecule has 1 saturated carbocycles. The molecule has 1 aromatic carbocycles. The Hall–Kier alpha value is -1.92. The molecule has 1 atom stereocenters. The maximum Gasteiger partial charge on any atom is 0.0997 e. The topological polar surface area (TPSA) is 56.9 Å². The summed E-state index contributed by atoms with van der Waals surface area (Å²) in [5.41, 5.74) is 0.167. The van der Waals surface area contributed by atoms with Crippen molar-refractivity contribution in [2.45, 2.75) is 25.4 Å². The second-order valence-corrected chi connectivity index (χ2v) is 4.97. The summed E-state index contributed by atoms with van der Waals surface area (Å²) in [6, 6.07) is 10.1. The minimum atomic E-state index is -0.741. The van der Waals surface area contributed by atoms with Gasteiger partial charge in [-0.05, 0) is 18.2 Å². The molecule has 0 bridgehead atoms. The normalized spacial score (nSPS) is 18.9. The second-order valence-electron chi connectivity index (χ2n) is 4.97. The maximum atomic E-state index is 10.5. The van der Waals surface area contributed by atoms with Gasteiger partial charge in [0, 0.05) is 23.3 Å². The van der Waals surface area contributed by atoms with E-state index in [1.807, 2.05) is 24.3 Å². The predicted octanol–water partition coefficient (Wildman–Crippen LogP) is 2.96. The van der Waals surface area contributed by atoms with Crippen molar-refractivity contribution < 1.29 is 5.11 Å². The average Bonchev–Trinajstić information content (AvgIpc) is 2.37. The molecule has 90 valence electrons. The number of hydrogen-bond acceptors (Lipinski definition) is 3. The van der Waals surface area contributed by atoms with E-state index in [2.05, 4.69) is 11.1 Å². The van der Waals surface area contributed by atoms with Crippen molar-refractivity contribution in [3.05, 3.63) is 42.2 Å². The Kier molecular flexibility index (Phi) is 2.53. The number of nitriles is 1. The van der Waals surface area contributed by atoms with Gasteiger partial charge in [-0.2, -0.15) is 5.26 Å². The molecule has 0 aliphatic heterocycles. The lowest BCUT2D eigenvalue weighted by Crippen LogP contribution is -2.34. The summed E-state index contributed by atoms with van der Waals surface area (Å²) in [5.74, 6) is 0. The monoisotopic (exact) mass is 238 g/mol. The molecule has 2 aromatic rings. The molecule has 1 N–H and O–H groups in total. The fourth-order valence-corrected chi connectivity index (χ4v) is 2.66. The summed E-state index contributed by atoms with van der Waals surface area (Å²) >= 11 is 0. The van der Waals surface area contributed by atoms with E-state index in [0.29, 0.717) is 0 Å². The van der Waals surface area contributed by atoms with Crippen LogP contribution in [0, 0.1) is 16.7 Å². The molecular weight excluding hydrogens is 224 g/mol. The van der Waals surface area contributed by atoms with Gasteiger partial charge in [-0.25, -0.2) is 0 Å². The fourth-order valence-electron chi connectivity index (χ4n) is 2.66. The second kappa shape index (κ2) is 4.08. The molecule has 3 heteroatoms. The minimum Gasteiger partial charge on any atom is -0.387 e. The summed E-state index contributed by atoms with van der Waals surface area (Å²) in [7, 11) is 0. The summed E-state index contributed by atoms with van der Waals surface area (Å²) < 4.78 is 0. The van der Waals surface area contributed by atoms with Crippen LogP contribution in [0.15, 0.2) is 36.7 Å². The van der Waals surface area contributed by atoms with Gasteiger partial charge in [-0.15, -0.1) is 0 Å². The average molecular weight is 238 g/mol. The first-order chi connectivity index (χ1) is 8.77. The van der Waals surface area contributed by atoms with E-state index in [-0.39, 0.29) is 0 Å². The van der Waals surface area contributed by atoms with E-state index in [4.69, 9.17) is 0 Å². The number of hydrogen-bond donors (Lipinski definition) is 1. The first-order valence-electron chi connectivity index (χ1n) is 6.19. The predicted molar refractivity (Wildman–Crippen MR) is 68.6 cm³/mol. The third kappa shape index (κ3) is 1.50. The van der Waals surface area contributed by atoms with Gasteiger partial charge in [0.1, 0.15) is 0 Å². The summed E-state index contributed by atoms with van der Waals surface area (Å²) in [6.07, 6.45) is 5.29. The minimum absolute atomic E-state index is 0.605. The zero-order valence-corrected chi connectivity index (χ0v) is 10.0. The van der Waals surface area contributed by atoms with E-state index in [0.717, 1.165) is 35.6 Å². The van der Waals surface area contributed by atoms with Gasteiger partial charge in [-0.3, -0.25) is 4.98 Å². The van der Waals surface area contributed by atoms with Crippen molar-refractivity contribution in [3.8, 4) is 6.07 Å². The Morgan fingerprint density at radius 1 is 1.28 bits per heavy atom. The van der Waals surface area contributed by atoms with Crippen LogP contribution in [-0.2, 0) is 0 Å². The van der Waals surface area contributed by atoms with E-state index in [1.165, 1.54) is 0 Å². The molecule has 1 unspecified atom stereocenters. The van der Waals surface area contributed by atoms with Crippen molar-refractivity contribution in [3.63, 3.8) is 0 Å². The molecule has 0 spiro atoms.